The zero-order valence-electron chi connectivity index (χ0n) is 9.04. The van der Waals surface area contributed by atoms with E-state index in [1.807, 2.05) is 0 Å². The number of carbonyl (C=O) groups is 1. The van der Waals surface area contributed by atoms with Gasteiger partial charge in [-0.15, -0.1) is 0 Å². The number of aromatic hydroxyl groups is 1. The molecule has 0 saturated heterocycles. The zero-order valence-corrected chi connectivity index (χ0v) is 9.04. The third kappa shape index (κ3) is 1.54. The summed E-state index contributed by atoms with van der Waals surface area (Å²) in [5.41, 5.74) is -1.08. The van der Waals surface area contributed by atoms with E-state index in [-0.39, 0.29) is 17.6 Å². The minimum absolute atomic E-state index is 0.256. The monoisotopic (exact) mass is 234 g/mol. The smallest absolute Gasteiger partial charge is 0.345 e. The van der Waals surface area contributed by atoms with Crippen LogP contribution >= 0.6 is 0 Å². The molecule has 17 heavy (non-hydrogen) atoms. The van der Waals surface area contributed by atoms with E-state index < -0.39 is 22.8 Å². The number of carboxylic acids is 1. The molecule has 0 radical (unpaired) electrons. The van der Waals surface area contributed by atoms with Gasteiger partial charge in [-0.3, -0.25) is 9.36 Å². The molecule has 0 unspecified atom stereocenters. The van der Waals surface area contributed by atoms with Crippen molar-refractivity contribution in [3.05, 3.63) is 34.2 Å². The molecule has 2 aromatic heterocycles. The van der Waals surface area contributed by atoms with Gasteiger partial charge in [-0.05, 0) is 19.1 Å². The average Bonchev–Trinajstić information content (AvgIpc) is 2.29. The first kappa shape index (κ1) is 11.1. The summed E-state index contributed by atoms with van der Waals surface area (Å²) in [6, 6.07) is 3.09. The predicted octanol–water partition coefficient (Wildman–Crippen LogP) is 0.820. The second-order valence-electron chi connectivity index (χ2n) is 3.45. The maximum absolute atomic E-state index is 11.9. The van der Waals surface area contributed by atoms with Crippen molar-refractivity contribution in [2.45, 2.75) is 13.5 Å². The van der Waals surface area contributed by atoms with Crippen molar-refractivity contribution in [1.29, 1.82) is 0 Å². The second kappa shape index (κ2) is 3.89. The lowest BCUT2D eigenvalue weighted by atomic mass is 10.1. The number of aromatic carboxylic acids is 1. The van der Waals surface area contributed by atoms with Crippen molar-refractivity contribution < 1.29 is 15.0 Å². The zero-order chi connectivity index (χ0) is 12.6. The molecule has 2 N–H and O–H groups in total. The summed E-state index contributed by atoms with van der Waals surface area (Å²) >= 11 is 0. The van der Waals surface area contributed by atoms with Gasteiger partial charge in [-0.25, -0.2) is 9.78 Å². The largest absolute Gasteiger partial charge is 0.506 e. The van der Waals surface area contributed by atoms with Gasteiger partial charge in [-0.2, -0.15) is 0 Å². The van der Waals surface area contributed by atoms with Crippen LogP contribution in [-0.2, 0) is 6.54 Å². The summed E-state index contributed by atoms with van der Waals surface area (Å²) in [6.07, 6.45) is 1.48. The Hall–Kier alpha value is -2.37. The SMILES string of the molecule is CCn1c(=O)c(C(=O)O)c(O)c2cccnc21. The van der Waals surface area contributed by atoms with E-state index in [0.29, 0.717) is 0 Å². The quantitative estimate of drug-likeness (QED) is 0.802. The van der Waals surface area contributed by atoms with E-state index in [1.165, 1.54) is 16.8 Å². The number of fused-ring (bicyclic) bond motifs is 1. The third-order valence-electron chi connectivity index (χ3n) is 2.52. The van der Waals surface area contributed by atoms with Crippen LogP contribution in [0.5, 0.6) is 5.75 Å². The molecule has 2 aromatic rings. The fourth-order valence-corrected chi connectivity index (χ4v) is 1.75. The lowest BCUT2D eigenvalue weighted by Crippen LogP contribution is -2.26. The van der Waals surface area contributed by atoms with Gasteiger partial charge >= 0.3 is 5.97 Å². The second-order valence-corrected chi connectivity index (χ2v) is 3.45. The highest BCUT2D eigenvalue weighted by molar-refractivity contribution is 5.97. The minimum atomic E-state index is -1.44. The Morgan fingerprint density at radius 1 is 1.53 bits per heavy atom. The van der Waals surface area contributed by atoms with Crippen molar-refractivity contribution in [3.63, 3.8) is 0 Å². The maximum Gasteiger partial charge on any atom is 0.345 e. The number of aryl methyl sites for hydroxylation is 1. The molecule has 0 aliphatic heterocycles. The average molecular weight is 234 g/mol. The first-order chi connectivity index (χ1) is 8.07. The van der Waals surface area contributed by atoms with E-state index in [2.05, 4.69) is 4.98 Å². The number of hydrogen-bond acceptors (Lipinski definition) is 4. The molecule has 2 heterocycles. The van der Waals surface area contributed by atoms with Crippen molar-refractivity contribution in [2.24, 2.45) is 0 Å². The van der Waals surface area contributed by atoms with Crippen LogP contribution in [0.15, 0.2) is 23.1 Å². The number of pyridine rings is 2. The van der Waals surface area contributed by atoms with Crippen molar-refractivity contribution >= 4 is 17.0 Å². The first-order valence-electron chi connectivity index (χ1n) is 5.01. The van der Waals surface area contributed by atoms with Gasteiger partial charge in [0, 0.05) is 12.7 Å². The highest BCUT2D eigenvalue weighted by Crippen LogP contribution is 2.24. The van der Waals surface area contributed by atoms with Crippen molar-refractivity contribution in [1.82, 2.24) is 9.55 Å². The molecule has 0 bridgehead atoms. The van der Waals surface area contributed by atoms with E-state index in [1.54, 1.807) is 13.0 Å². The van der Waals surface area contributed by atoms with E-state index >= 15 is 0 Å². The number of nitrogens with zero attached hydrogens (tertiary/aromatic N) is 2. The molecule has 6 heteroatoms. The molecule has 0 spiro atoms. The summed E-state index contributed by atoms with van der Waals surface area (Å²) in [5.74, 6) is -1.98. The molecular formula is C11H10N2O4. The van der Waals surface area contributed by atoms with Gasteiger partial charge in [-0.1, -0.05) is 0 Å². The molecule has 88 valence electrons. The van der Waals surface area contributed by atoms with Crippen LogP contribution in [0, 0.1) is 0 Å². The van der Waals surface area contributed by atoms with Gasteiger partial charge in [0.15, 0.2) is 5.56 Å². The Bertz CT molecular complexity index is 660. The summed E-state index contributed by atoms with van der Waals surface area (Å²) in [6.45, 7) is 1.99. The fraction of sp³-hybridized carbons (Fsp3) is 0.182. The van der Waals surface area contributed by atoms with Crippen LogP contribution < -0.4 is 5.56 Å². The Morgan fingerprint density at radius 3 is 2.82 bits per heavy atom. The molecule has 2 rings (SSSR count). The Labute approximate surface area is 95.8 Å². The molecule has 0 aliphatic rings. The van der Waals surface area contributed by atoms with Gasteiger partial charge in [0.05, 0.1) is 5.39 Å². The Morgan fingerprint density at radius 2 is 2.24 bits per heavy atom. The first-order valence-corrected chi connectivity index (χ1v) is 5.01. The minimum Gasteiger partial charge on any atom is -0.506 e. The van der Waals surface area contributed by atoms with E-state index in [0.717, 1.165) is 0 Å². The van der Waals surface area contributed by atoms with Crippen molar-refractivity contribution in [3.8, 4) is 5.75 Å². The third-order valence-corrected chi connectivity index (χ3v) is 2.52. The molecule has 0 atom stereocenters. The summed E-state index contributed by atoms with van der Waals surface area (Å²) in [7, 11) is 0. The number of aromatic nitrogens is 2. The van der Waals surface area contributed by atoms with Crippen LogP contribution in [0.25, 0.3) is 11.0 Å². The van der Waals surface area contributed by atoms with Crippen LogP contribution in [0.3, 0.4) is 0 Å². The standard InChI is InChI=1S/C11H10N2O4/c1-2-13-9-6(4-3-5-12-9)8(14)7(10(13)15)11(16)17/h3-5,14H,2H2,1H3,(H,16,17). The van der Waals surface area contributed by atoms with Gasteiger partial charge in [0.25, 0.3) is 5.56 Å². The number of rotatable bonds is 2. The lowest BCUT2D eigenvalue weighted by molar-refractivity contribution is 0.0691. The highest BCUT2D eigenvalue weighted by Gasteiger charge is 2.21. The molecule has 0 saturated carbocycles. The predicted molar refractivity (Wildman–Crippen MR) is 60.3 cm³/mol. The van der Waals surface area contributed by atoms with Gasteiger partial charge < -0.3 is 10.2 Å². The number of carboxylic acid groups (broad SMARTS) is 1. The van der Waals surface area contributed by atoms with Crippen LogP contribution in [0.4, 0.5) is 0 Å². The Balaban J connectivity index is 3.05. The van der Waals surface area contributed by atoms with Gasteiger partial charge in [0.1, 0.15) is 11.4 Å². The maximum atomic E-state index is 11.9. The molecule has 0 aliphatic carbocycles. The van der Waals surface area contributed by atoms with E-state index in [4.69, 9.17) is 5.11 Å². The Kier molecular flexibility index (Phi) is 2.55. The van der Waals surface area contributed by atoms with E-state index in [9.17, 15) is 14.7 Å². The van der Waals surface area contributed by atoms with Crippen LogP contribution in [0.2, 0.25) is 0 Å². The highest BCUT2D eigenvalue weighted by atomic mass is 16.4. The van der Waals surface area contributed by atoms with Gasteiger partial charge in [0.2, 0.25) is 0 Å². The molecule has 6 nitrogen and oxygen atoms in total. The summed E-state index contributed by atoms with van der Waals surface area (Å²) < 4.78 is 1.22. The molecule has 0 fully saturated rings. The lowest BCUT2D eigenvalue weighted by Gasteiger charge is -2.10. The normalized spacial score (nSPS) is 10.6. The number of hydrogen-bond donors (Lipinski definition) is 2. The molecule has 0 amide bonds. The van der Waals surface area contributed by atoms with Crippen molar-refractivity contribution in [2.75, 3.05) is 0 Å². The summed E-state index contributed by atoms with van der Waals surface area (Å²) in [4.78, 5) is 26.8. The fourth-order valence-electron chi connectivity index (χ4n) is 1.75. The topological polar surface area (TPSA) is 92.4 Å². The summed E-state index contributed by atoms with van der Waals surface area (Å²) in [5, 5.41) is 19.0. The molecule has 0 aromatic carbocycles. The van der Waals surface area contributed by atoms with Crippen LogP contribution in [-0.4, -0.2) is 25.7 Å². The molecular weight excluding hydrogens is 224 g/mol. The van der Waals surface area contributed by atoms with Crippen LogP contribution in [0.1, 0.15) is 17.3 Å².